The van der Waals surface area contributed by atoms with Gasteiger partial charge >= 0.3 is 19.5 Å². The maximum Gasteiger partial charge on any atom is 2.00 e. The van der Waals surface area contributed by atoms with E-state index in [1.165, 1.54) is 0 Å². The van der Waals surface area contributed by atoms with Crippen molar-refractivity contribution in [1.82, 2.24) is 0 Å². The van der Waals surface area contributed by atoms with Crippen molar-refractivity contribution in [2.24, 2.45) is 0 Å². The normalized spacial score (nSPS) is 3.27. The molecule has 0 aromatic rings. The predicted octanol–water partition coefficient (Wildman–Crippen LogP) is -8.52. The van der Waals surface area contributed by atoms with Crippen LogP contribution < -0.4 is 12.6 Å². The fraction of sp³-hybridized carbons (Fsp3) is 0. The molecule has 0 aliphatic carbocycles. The van der Waals surface area contributed by atoms with Gasteiger partial charge in [-0.25, -0.2) is 0 Å². The van der Waals surface area contributed by atoms with E-state index < -0.39 is 14.8 Å². The molecule has 0 radical (unpaired) electrons. The Morgan fingerprint density at radius 2 is 0.545 bits per heavy atom. The van der Waals surface area contributed by atoms with Crippen molar-refractivity contribution >= 4 is 0 Å². The standard InChI is InChI=1S/BrO3.6H2O.Zn/c2-1(3)4;;;;;;;/h;6*1H2;/q-1;;;;;;;+2. The summed E-state index contributed by atoms with van der Waals surface area (Å²) in [6, 6.07) is 0. The summed E-state index contributed by atoms with van der Waals surface area (Å²) in [7, 11) is 0. The van der Waals surface area contributed by atoms with Gasteiger partial charge in [0, 0.05) is 0 Å². The van der Waals surface area contributed by atoms with Crippen LogP contribution in [-0.4, -0.2) is 32.9 Å². The summed E-state index contributed by atoms with van der Waals surface area (Å²) < 4.78 is 25.6. The summed E-state index contributed by atoms with van der Waals surface area (Å²) in [5, 5.41) is 0. The van der Waals surface area contributed by atoms with Gasteiger partial charge in [-0.3, -0.25) is 0 Å². The predicted molar refractivity (Wildman–Crippen MR) is 21.7 cm³/mol. The fourth-order valence-electron chi connectivity index (χ4n) is 0. The van der Waals surface area contributed by atoms with Gasteiger partial charge in [0.15, 0.2) is 0 Å². The summed E-state index contributed by atoms with van der Waals surface area (Å²) >= 11 is -3.65. The molecule has 9 nitrogen and oxygen atoms in total. The van der Waals surface area contributed by atoms with Gasteiger partial charge in [-0.05, 0) is 0 Å². The molecule has 74 valence electrons. The zero-order valence-corrected chi connectivity index (χ0v) is 9.86. The molecule has 0 heterocycles. The van der Waals surface area contributed by atoms with Crippen LogP contribution in [0.5, 0.6) is 0 Å². The van der Waals surface area contributed by atoms with Crippen molar-refractivity contribution < 1.29 is 79.7 Å². The van der Waals surface area contributed by atoms with Gasteiger partial charge in [0.25, 0.3) is 0 Å². The van der Waals surface area contributed by atoms with E-state index in [1.807, 2.05) is 0 Å². The molecule has 0 rings (SSSR count). The second-order valence-corrected chi connectivity index (χ2v) is 0.982. The van der Waals surface area contributed by atoms with Gasteiger partial charge in [0.2, 0.25) is 14.8 Å². The molecule has 0 aromatic carbocycles. The second kappa shape index (κ2) is 72.8. The topological polar surface area (TPSA) is 258 Å². The second-order valence-electron chi connectivity index (χ2n) is 0.189. The first-order valence-corrected chi connectivity index (χ1v) is 2.41. The molecule has 0 fully saturated rings. The summed E-state index contributed by atoms with van der Waals surface area (Å²) in [4.78, 5) is 0. The molecule has 0 amide bonds. The van der Waals surface area contributed by atoms with E-state index in [0.717, 1.165) is 0 Å². The molecule has 0 saturated carbocycles. The average Bonchev–Trinajstić information content (AvgIpc) is 0.811. The third-order valence-electron chi connectivity index (χ3n) is 0. The van der Waals surface area contributed by atoms with Crippen LogP contribution in [0.1, 0.15) is 0 Å². The molecular weight excluding hydrogens is 289 g/mol. The minimum absolute atomic E-state index is 0. The van der Waals surface area contributed by atoms with Crippen molar-refractivity contribution in [3.05, 3.63) is 0 Å². The Morgan fingerprint density at radius 3 is 0.545 bits per heavy atom. The molecule has 0 aliphatic rings. The number of hydrogen-bond acceptors (Lipinski definition) is 3. The van der Waals surface area contributed by atoms with Crippen LogP contribution >= 0.6 is 0 Å². The third kappa shape index (κ3) is 1490. The molecule has 0 atom stereocenters. The summed E-state index contributed by atoms with van der Waals surface area (Å²) in [5.41, 5.74) is 0. The molecule has 0 saturated heterocycles. The van der Waals surface area contributed by atoms with Crippen molar-refractivity contribution in [3.63, 3.8) is 0 Å². The maximum atomic E-state index is 8.52. The Kier molecular flexibility index (Phi) is 640. The van der Waals surface area contributed by atoms with Crippen LogP contribution in [0.4, 0.5) is 0 Å². The third-order valence-corrected chi connectivity index (χ3v) is 0. The Balaban J connectivity index is -0.00000000214. The van der Waals surface area contributed by atoms with Crippen molar-refractivity contribution in [1.29, 1.82) is 0 Å². The van der Waals surface area contributed by atoms with Gasteiger partial charge in [-0.1, -0.05) is 0 Å². The molecule has 11 heteroatoms. The zero-order chi connectivity index (χ0) is 3.58. The smallest absolute Gasteiger partial charge is 0.412 e. The maximum absolute atomic E-state index is 8.52. The largest absolute Gasteiger partial charge is 2.00 e. The SMILES string of the molecule is O.O.O.O.O.O.[O-][Br+2]([O-])[O-].[Zn+2]. The Labute approximate surface area is 80.1 Å². The minimum atomic E-state index is -3.65. The van der Waals surface area contributed by atoms with Gasteiger partial charge in [0.05, 0.1) is 0 Å². The van der Waals surface area contributed by atoms with Crippen molar-refractivity contribution in [3.8, 4) is 0 Å². The van der Waals surface area contributed by atoms with Crippen LogP contribution in [0.3, 0.4) is 0 Å². The first-order chi connectivity index (χ1) is 1.73. The molecule has 0 spiro atoms. The first-order valence-electron chi connectivity index (χ1n) is 0.463. The molecular formula is H12BrO9Zn+. The van der Waals surface area contributed by atoms with Crippen LogP contribution in [-0.2, 0) is 19.5 Å². The molecule has 12 N–H and O–H groups in total. The Morgan fingerprint density at radius 1 is 0.545 bits per heavy atom. The molecule has 0 bridgehead atoms. The van der Waals surface area contributed by atoms with Crippen LogP contribution in [0.2, 0.25) is 0 Å². The van der Waals surface area contributed by atoms with Gasteiger partial charge in [-0.2, -0.15) is 0 Å². The zero-order valence-electron chi connectivity index (χ0n) is 5.31. The first kappa shape index (κ1) is 96.7. The van der Waals surface area contributed by atoms with Crippen LogP contribution in [0, 0.1) is 14.8 Å². The fourth-order valence-corrected chi connectivity index (χ4v) is 0. The van der Waals surface area contributed by atoms with E-state index in [1.54, 1.807) is 0 Å². The van der Waals surface area contributed by atoms with Crippen molar-refractivity contribution in [2.75, 3.05) is 0 Å². The van der Waals surface area contributed by atoms with E-state index in [9.17, 15) is 0 Å². The number of hydrogen-bond donors (Lipinski definition) is 0. The monoisotopic (exact) mass is 299 g/mol. The molecule has 11 heavy (non-hydrogen) atoms. The summed E-state index contributed by atoms with van der Waals surface area (Å²) in [6.07, 6.45) is 0. The molecule has 0 unspecified atom stereocenters. The Hall–Kier alpha value is 0.743. The average molecular weight is 301 g/mol. The van der Waals surface area contributed by atoms with E-state index in [0.29, 0.717) is 0 Å². The summed E-state index contributed by atoms with van der Waals surface area (Å²) in [5.74, 6) is 0. The number of halogens is 1. The Bertz CT molecular complexity index is 14.3. The molecule has 0 aliphatic heterocycles. The van der Waals surface area contributed by atoms with E-state index >= 15 is 0 Å². The van der Waals surface area contributed by atoms with Gasteiger partial charge < -0.3 is 45.5 Å². The molecule has 0 aromatic heterocycles. The van der Waals surface area contributed by atoms with E-state index in [-0.39, 0.29) is 52.3 Å². The van der Waals surface area contributed by atoms with Gasteiger partial charge in [-0.15, -0.1) is 0 Å². The van der Waals surface area contributed by atoms with Crippen LogP contribution in [0.15, 0.2) is 0 Å². The quantitative estimate of drug-likeness (QED) is 0.394. The van der Waals surface area contributed by atoms with E-state index in [4.69, 9.17) is 12.6 Å². The number of rotatable bonds is 0. The summed E-state index contributed by atoms with van der Waals surface area (Å²) in [6.45, 7) is 0. The van der Waals surface area contributed by atoms with Crippen molar-refractivity contribution in [2.45, 2.75) is 0 Å². The minimum Gasteiger partial charge on any atom is -0.412 e. The van der Waals surface area contributed by atoms with E-state index in [2.05, 4.69) is 0 Å². The van der Waals surface area contributed by atoms with Crippen LogP contribution in [0.25, 0.3) is 0 Å². The van der Waals surface area contributed by atoms with Gasteiger partial charge in [0.1, 0.15) is 0 Å².